The molecule has 1 aliphatic heterocycles. The van der Waals surface area contributed by atoms with Gasteiger partial charge in [-0.25, -0.2) is 0 Å². The summed E-state index contributed by atoms with van der Waals surface area (Å²) in [4.78, 5) is 27.7. The number of ether oxygens (including phenoxy) is 1. The van der Waals surface area contributed by atoms with Gasteiger partial charge in [0.1, 0.15) is 5.75 Å². The first kappa shape index (κ1) is 20.9. The highest BCUT2D eigenvalue weighted by molar-refractivity contribution is 5.95. The number of rotatable bonds is 6. The lowest BCUT2D eigenvalue weighted by atomic mass is 9.80. The number of nitrogens with zero attached hydrogens (tertiary/aromatic N) is 1. The van der Waals surface area contributed by atoms with Gasteiger partial charge in [-0.05, 0) is 63.4 Å². The molecule has 5 heteroatoms. The fraction of sp³-hybridized carbons (Fsp3) is 0.417. The molecule has 1 fully saturated rings. The molecule has 3 rings (SSSR count). The van der Waals surface area contributed by atoms with Crippen LogP contribution in [-0.4, -0.2) is 36.4 Å². The molecule has 154 valence electrons. The SMILES string of the molecule is CCOc1ccc(C(=O)N2CCCC(C)(C(=O)NCc3ccc(C)cc3)C2)cc1. The number of aryl methyl sites for hydroxylation is 1. The largest absolute Gasteiger partial charge is 0.494 e. The van der Waals surface area contributed by atoms with Gasteiger partial charge in [0.25, 0.3) is 5.91 Å². The Morgan fingerprint density at radius 3 is 2.45 bits per heavy atom. The number of likely N-dealkylation sites (tertiary alicyclic amines) is 1. The summed E-state index contributed by atoms with van der Waals surface area (Å²) >= 11 is 0. The lowest BCUT2D eigenvalue weighted by Gasteiger charge is -2.39. The van der Waals surface area contributed by atoms with Crippen LogP contribution in [0.5, 0.6) is 5.75 Å². The van der Waals surface area contributed by atoms with E-state index in [9.17, 15) is 9.59 Å². The molecule has 5 nitrogen and oxygen atoms in total. The number of benzene rings is 2. The molecule has 0 aliphatic carbocycles. The molecular formula is C24H30N2O3. The first-order valence-electron chi connectivity index (χ1n) is 10.3. The maximum atomic E-state index is 12.9. The fourth-order valence-electron chi connectivity index (χ4n) is 3.74. The first-order chi connectivity index (χ1) is 13.9. The Hall–Kier alpha value is -2.82. The average molecular weight is 395 g/mol. The van der Waals surface area contributed by atoms with Crippen LogP contribution in [0.15, 0.2) is 48.5 Å². The minimum absolute atomic E-state index is 0.00210. The Labute approximate surface area is 173 Å². The lowest BCUT2D eigenvalue weighted by Crippen LogP contribution is -2.51. The fourth-order valence-corrected chi connectivity index (χ4v) is 3.74. The second-order valence-electron chi connectivity index (χ2n) is 8.02. The highest BCUT2D eigenvalue weighted by Crippen LogP contribution is 2.31. The highest BCUT2D eigenvalue weighted by atomic mass is 16.5. The van der Waals surface area contributed by atoms with E-state index in [0.717, 1.165) is 24.2 Å². The molecule has 2 amide bonds. The van der Waals surface area contributed by atoms with Gasteiger partial charge in [-0.1, -0.05) is 29.8 Å². The Balaban J connectivity index is 1.62. The Kier molecular flexibility index (Phi) is 6.57. The predicted octanol–water partition coefficient (Wildman–Crippen LogP) is 3.95. The van der Waals surface area contributed by atoms with Gasteiger partial charge in [0.05, 0.1) is 12.0 Å². The minimum Gasteiger partial charge on any atom is -0.494 e. The molecule has 1 N–H and O–H groups in total. The second-order valence-corrected chi connectivity index (χ2v) is 8.02. The van der Waals surface area contributed by atoms with Crippen LogP contribution in [0.1, 0.15) is 48.2 Å². The van der Waals surface area contributed by atoms with Gasteiger partial charge in [-0.15, -0.1) is 0 Å². The van der Waals surface area contributed by atoms with Crippen molar-refractivity contribution in [3.63, 3.8) is 0 Å². The third kappa shape index (κ3) is 5.17. The molecule has 29 heavy (non-hydrogen) atoms. The molecule has 2 aromatic carbocycles. The zero-order chi connectivity index (χ0) is 20.9. The molecule has 1 heterocycles. The topological polar surface area (TPSA) is 58.6 Å². The third-order valence-electron chi connectivity index (χ3n) is 5.52. The summed E-state index contributed by atoms with van der Waals surface area (Å²) in [6.45, 7) is 8.12. The number of nitrogens with one attached hydrogen (secondary N) is 1. The Morgan fingerprint density at radius 1 is 1.10 bits per heavy atom. The van der Waals surface area contributed by atoms with E-state index in [1.807, 2.05) is 57.2 Å². The van der Waals surface area contributed by atoms with E-state index in [1.54, 1.807) is 17.0 Å². The molecular weight excluding hydrogens is 364 g/mol. The van der Waals surface area contributed by atoms with Gasteiger partial charge in [-0.2, -0.15) is 0 Å². The van der Waals surface area contributed by atoms with E-state index in [2.05, 4.69) is 5.32 Å². The molecule has 2 aromatic rings. The van der Waals surface area contributed by atoms with Crippen molar-refractivity contribution in [3.8, 4) is 5.75 Å². The molecule has 1 saturated heterocycles. The van der Waals surface area contributed by atoms with Gasteiger partial charge in [-0.3, -0.25) is 9.59 Å². The average Bonchev–Trinajstić information content (AvgIpc) is 2.73. The van der Waals surface area contributed by atoms with Crippen molar-refractivity contribution in [2.24, 2.45) is 5.41 Å². The van der Waals surface area contributed by atoms with Gasteiger partial charge in [0.15, 0.2) is 0 Å². The van der Waals surface area contributed by atoms with Crippen molar-refractivity contribution in [1.29, 1.82) is 0 Å². The van der Waals surface area contributed by atoms with Crippen LogP contribution >= 0.6 is 0 Å². The summed E-state index contributed by atoms with van der Waals surface area (Å²) < 4.78 is 5.44. The van der Waals surface area contributed by atoms with E-state index in [-0.39, 0.29) is 11.8 Å². The summed E-state index contributed by atoms with van der Waals surface area (Å²) in [6, 6.07) is 15.3. The van der Waals surface area contributed by atoms with Crippen molar-refractivity contribution in [2.45, 2.75) is 40.2 Å². The second kappa shape index (κ2) is 9.12. The van der Waals surface area contributed by atoms with Crippen LogP contribution in [0, 0.1) is 12.3 Å². The van der Waals surface area contributed by atoms with E-state index in [0.29, 0.717) is 31.8 Å². The van der Waals surface area contributed by atoms with E-state index in [1.165, 1.54) is 5.56 Å². The number of hydrogen-bond donors (Lipinski definition) is 1. The summed E-state index contributed by atoms with van der Waals surface area (Å²) in [7, 11) is 0. The standard InChI is InChI=1S/C24H30N2O3/c1-4-29-21-12-10-20(11-13-21)22(27)26-15-5-14-24(3,17-26)23(28)25-16-19-8-6-18(2)7-9-19/h6-13H,4-5,14-17H2,1-3H3,(H,25,28). The monoisotopic (exact) mass is 394 g/mol. The highest BCUT2D eigenvalue weighted by Gasteiger charge is 2.39. The van der Waals surface area contributed by atoms with Gasteiger partial charge < -0.3 is 15.0 Å². The van der Waals surface area contributed by atoms with Crippen molar-refractivity contribution in [3.05, 3.63) is 65.2 Å². The molecule has 0 bridgehead atoms. The maximum Gasteiger partial charge on any atom is 0.253 e. The Morgan fingerprint density at radius 2 is 1.79 bits per heavy atom. The lowest BCUT2D eigenvalue weighted by molar-refractivity contribution is -0.132. The zero-order valence-electron chi connectivity index (χ0n) is 17.5. The summed E-state index contributed by atoms with van der Waals surface area (Å²) in [5.74, 6) is 0.718. The molecule has 0 spiro atoms. The number of piperidine rings is 1. The summed E-state index contributed by atoms with van der Waals surface area (Å²) in [6.07, 6.45) is 1.59. The summed E-state index contributed by atoms with van der Waals surface area (Å²) in [5.41, 5.74) is 2.32. The van der Waals surface area contributed by atoms with Gasteiger partial charge in [0, 0.05) is 25.2 Å². The van der Waals surface area contributed by atoms with Gasteiger partial charge >= 0.3 is 0 Å². The molecule has 0 saturated carbocycles. The normalized spacial score (nSPS) is 18.9. The molecule has 1 unspecified atom stereocenters. The van der Waals surface area contributed by atoms with Crippen LogP contribution in [0.2, 0.25) is 0 Å². The van der Waals surface area contributed by atoms with Crippen LogP contribution in [0.25, 0.3) is 0 Å². The number of carbonyl (C=O) groups is 2. The smallest absolute Gasteiger partial charge is 0.253 e. The Bertz CT molecular complexity index is 845. The van der Waals surface area contributed by atoms with Crippen LogP contribution in [0.4, 0.5) is 0 Å². The van der Waals surface area contributed by atoms with Crippen LogP contribution in [0.3, 0.4) is 0 Å². The number of amides is 2. The van der Waals surface area contributed by atoms with E-state index < -0.39 is 5.41 Å². The first-order valence-corrected chi connectivity index (χ1v) is 10.3. The summed E-state index contributed by atoms with van der Waals surface area (Å²) in [5, 5.41) is 3.06. The van der Waals surface area contributed by atoms with E-state index >= 15 is 0 Å². The van der Waals surface area contributed by atoms with Crippen molar-refractivity contribution < 1.29 is 14.3 Å². The number of carbonyl (C=O) groups excluding carboxylic acids is 2. The van der Waals surface area contributed by atoms with Crippen molar-refractivity contribution in [2.75, 3.05) is 19.7 Å². The maximum absolute atomic E-state index is 12.9. The third-order valence-corrected chi connectivity index (χ3v) is 5.52. The molecule has 0 aromatic heterocycles. The van der Waals surface area contributed by atoms with Crippen molar-refractivity contribution in [1.82, 2.24) is 10.2 Å². The molecule has 1 atom stereocenters. The minimum atomic E-state index is -0.579. The van der Waals surface area contributed by atoms with Gasteiger partial charge in [0.2, 0.25) is 5.91 Å². The molecule has 0 radical (unpaired) electrons. The quantitative estimate of drug-likeness (QED) is 0.807. The zero-order valence-corrected chi connectivity index (χ0v) is 17.5. The molecule has 1 aliphatic rings. The number of hydrogen-bond acceptors (Lipinski definition) is 3. The predicted molar refractivity (Wildman–Crippen MR) is 114 cm³/mol. The van der Waals surface area contributed by atoms with E-state index in [4.69, 9.17) is 4.74 Å². The van der Waals surface area contributed by atoms with Crippen LogP contribution < -0.4 is 10.1 Å². The van der Waals surface area contributed by atoms with Crippen molar-refractivity contribution >= 4 is 11.8 Å². The van der Waals surface area contributed by atoms with Crippen LogP contribution in [-0.2, 0) is 11.3 Å².